The molecule has 0 aliphatic carbocycles. The van der Waals surface area contributed by atoms with Gasteiger partial charge in [0.2, 0.25) is 4.96 Å². The molecule has 4 heterocycles. The van der Waals surface area contributed by atoms with Gasteiger partial charge in [0.15, 0.2) is 10.8 Å². The lowest BCUT2D eigenvalue weighted by Crippen LogP contribution is -2.04. The van der Waals surface area contributed by atoms with Gasteiger partial charge in [0.1, 0.15) is 0 Å². The van der Waals surface area contributed by atoms with Crippen LogP contribution in [0.5, 0.6) is 0 Å². The normalized spacial score (nSPS) is 11.7. The maximum Gasteiger partial charge on any atom is 0.235 e. The summed E-state index contributed by atoms with van der Waals surface area (Å²) in [6.45, 7) is 8.36. The quantitative estimate of drug-likeness (QED) is 0.572. The van der Waals surface area contributed by atoms with Crippen molar-refractivity contribution in [2.45, 2.75) is 33.7 Å². The van der Waals surface area contributed by atoms with Gasteiger partial charge in [-0.25, -0.2) is 0 Å². The number of hydrogen-bond acceptors (Lipinski definition) is 6. The van der Waals surface area contributed by atoms with Crippen LogP contribution in [0, 0.1) is 13.8 Å². The fraction of sp³-hybridized carbons (Fsp3) is 0.312. The molecule has 4 aromatic heterocycles. The summed E-state index contributed by atoms with van der Waals surface area (Å²) >= 11 is 1.53. The molecule has 24 heavy (non-hydrogen) atoms. The standard InChI is InChI=1S/C16H17N7S/c1-9(2)22-11(4)13(10(3)20-22)15-21-23-14(18-19-16(23)24-15)12-5-7-17-8-6-12/h5-9H,1-4H3. The van der Waals surface area contributed by atoms with Crippen molar-refractivity contribution in [1.29, 1.82) is 0 Å². The number of pyridine rings is 1. The van der Waals surface area contributed by atoms with E-state index < -0.39 is 0 Å². The minimum Gasteiger partial charge on any atom is -0.266 e. The Morgan fingerprint density at radius 1 is 1.04 bits per heavy atom. The van der Waals surface area contributed by atoms with Crippen LogP contribution in [-0.2, 0) is 0 Å². The van der Waals surface area contributed by atoms with Crippen LogP contribution in [0.4, 0.5) is 0 Å². The van der Waals surface area contributed by atoms with Gasteiger partial charge in [-0.05, 0) is 39.8 Å². The number of fused-ring (bicyclic) bond motifs is 1. The molecule has 122 valence electrons. The van der Waals surface area contributed by atoms with Gasteiger partial charge in [0.05, 0.1) is 11.3 Å². The summed E-state index contributed by atoms with van der Waals surface area (Å²) in [4.78, 5) is 4.82. The second-order valence-electron chi connectivity index (χ2n) is 5.95. The number of nitrogens with zero attached hydrogens (tertiary/aromatic N) is 7. The van der Waals surface area contributed by atoms with Gasteiger partial charge in [0.25, 0.3) is 0 Å². The maximum atomic E-state index is 4.75. The molecule has 0 saturated carbocycles. The fourth-order valence-corrected chi connectivity index (χ4v) is 3.86. The van der Waals surface area contributed by atoms with Crippen LogP contribution in [0.15, 0.2) is 24.5 Å². The molecule has 0 bridgehead atoms. The molecule has 0 atom stereocenters. The monoisotopic (exact) mass is 339 g/mol. The van der Waals surface area contributed by atoms with Gasteiger partial charge >= 0.3 is 0 Å². The predicted molar refractivity (Wildman–Crippen MR) is 93.0 cm³/mol. The van der Waals surface area contributed by atoms with Crippen molar-refractivity contribution >= 4 is 16.3 Å². The lowest BCUT2D eigenvalue weighted by Gasteiger charge is -2.07. The topological polar surface area (TPSA) is 73.8 Å². The SMILES string of the molecule is Cc1nn(C(C)C)c(C)c1-c1nn2c(-c3ccncc3)nnc2s1. The lowest BCUT2D eigenvalue weighted by molar-refractivity contribution is 0.516. The Bertz CT molecular complexity index is 1010. The molecule has 0 unspecified atom stereocenters. The van der Waals surface area contributed by atoms with Gasteiger partial charge in [-0.15, -0.1) is 10.2 Å². The van der Waals surface area contributed by atoms with Crippen LogP contribution in [-0.4, -0.2) is 34.6 Å². The highest BCUT2D eigenvalue weighted by Gasteiger charge is 2.21. The third-order valence-electron chi connectivity index (χ3n) is 3.96. The van der Waals surface area contributed by atoms with Crippen molar-refractivity contribution in [3.05, 3.63) is 35.9 Å². The molecular formula is C16H17N7S. The zero-order valence-corrected chi connectivity index (χ0v) is 14.7. The first-order valence-corrected chi connectivity index (χ1v) is 8.56. The molecule has 4 rings (SSSR count). The molecule has 0 aliphatic heterocycles. The van der Waals surface area contributed by atoms with Crippen molar-refractivity contribution in [2.75, 3.05) is 0 Å². The molecule has 0 amide bonds. The Balaban J connectivity index is 1.87. The molecule has 0 radical (unpaired) electrons. The van der Waals surface area contributed by atoms with E-state index in [1.165, 1.54) is 11.3 Å². The van der Waals surface area contributed by atoms with Crippen molar-refractivity contribution in [3.8, 4) is 22.0 Å². The van der Waals surface area contributed by atoms with Crippen LogP contribution in [0.2, 0.25) is 0 Å². The summed E-state index contributed by atoms with van der Waals surface area (Å²) < 4.78 is 3.83. The van der Waals surface area contributed by atoms with Crippen LogP contribution >= 0.6 is 11.3 Å². The Hall–Kier alpha value is -2.61. The van der Waals surface area contributed by atoms with Crippen LogP contribution in [0.1, 0.15) is 31.3 Å². The van der Waals surface area contributed by atoms with Crippen LogP contribution in [0.3, 0.4) is 0 Å². The third kappa shape index (κ3) is 2.22. The molecule has 0 fully saturated rings. The Morgan fingerprint density at radius 3 is 2.46 bits per heavy atom. The molecule has 8 heteroatoms. The largest absolute Gasteiger partial charge is 0.266 e. The Morgan fingerprint density at radius 2 is 1.79 bits per heavy atom. The highest BCUT2D eigenvalue weighted by molar-refractivity contribution is 7.19. The summed E-state index contributed by atoms with van der Waals surface area (Å²) in [5, 5.41) is 18.8. The first kappa shape index (κ1) is 14.9. The number of rotatable bonds is 3. The molecule has 0 spiro atoms. The summed E-state index contributed by atoms with van der Waals surface area (Å²) in [7, 11) is 0. The second-order valence-corrected chi connectivity index (χ2v) is 6.90. The van der Waals surface area contributed by atoms with E-state index in [1.807, 2.05) is 23.7 Å². The number of hydrogen-bond donors (Lipinski definition) is 0. The summed E-state index contributed by atoms with van der Waals surface area (Å²) in [5.41, 5.74) is 4.13. The van der Waals surface area contributed by atoms with E-state index >= 15 is 0 Å². The van der Waals surface area contributed by atoms with E-state index in [9.17, 15) is 0 Å². The van der Waals surface area contributed by atoms with Gasteiger partial charge in [0, 0.05) is 29.7 Å². The number of aryl methyl sites for hydroxylation is 1. The highest BCUT2D eigenvalue weighted by Crippen LogP contribution is 2.33. The van der Waals surface area contributed by atoms with Crippen molar-refractivity contribution < 1.29 is 0 Å². The first-order chi connectivity index (χ1) is 11.6. The summed E-state index contributed by atoms with van der Waals surface area (Å²) in [6, 6.07) is 4.13. The van der Waals surface area contributed by atoms with Crippen molar-refractivity contribution in [2.24, 2.45) is 0 Å². The average molecular weight is 339 g/mol. The molecule has 4 aromatic rings. The Labute approximate surface area is 143 Å². The minimum atomic E-state index is 0.315. The predicted octanol–water partition coefficient (Wildman–Crippen LogP) is 3.31. The molecule has 0 aliphatic rings. The minimum absolute atomic E-state index is 0.315. The van der Waals surface area contributed by atoms with Crippen molar-refractivity contribution in [1.82, 2.24) is 34.6 Å². The zero-order valence-electron chi connectivity index (χ0n) is 13.9. The lowest BCUT2D eigenvalue weighted by atomic mass is 10.2. The molecule has 0 saturated heterocycles. The van der Waals surface area contributed by atoms with Gasteiger partial charge in [-0.2, -0.15) is 14.7 Å². The third-order valence-corrected chi connectivity index (χ3v) is 4.87. The van der Waals surface area contributed by atoms with E-state index in [4.69, 9.17) is 5.10 Å². The second kappa shape index (κ2) is 5.48. The summed E-state index contributed by atoms with van der Waals surface area (Å²) in [6.07, 6.45) is 3.48. The highest BCUT2D eigenvalue weighted by atomic mass is 32.1. The van der Waals surface area contributed by atoms with E-state index in [2.05, 4.69) is 41.1 Å². The van der Waals surface area contributed by atoms with Gasteiger partial charge < -0.3 is 0 Å². The summed E-state index contributed by atoms with van der Waals surface area (Å²) in [5.74, 6) is 0.724. The Kier molecular flexibility index (Phi) is 3.42. The molecule has 0 N–H and O–H groups in total. The molecule has 0 aromatic carbocycles. The van der Waals surface area contributed by atoms with Crippen molar-refractivity contribution in [3.63, 3.8) is 0 Å². The van der Waals surface area contributed by atoms with E-state index in [-0.39, 0.29) is 0 Å². The fourth-order valence-electron chi connectivity index (χ4n) is 2.87. The van der Waals surface area contributed by atoms with Gasteiger partial charge in [-0.1, -0.05) is 11.3 Å². The zero-order chi connectivity index (χ0) is 16.8. The van der Waals surface area contributed by atoms with E-state index in [0.717, 1.165) is 38.3 Å². The molecular weight excluding hydrogens is 322 g/mol. The van der Waals surface area contributed by atoms with Crippen LogP contribution < -0.4 is 0 Å². The van der Waals surface area contributed by atoms with E-state index in [1.54, 1.807) is 16.9 Å². The average Bonchev–Trinajstić information content (AvgIpc) is 3.20. The maximum absolute atomic E-state index is 4.75. The van der Waals surface area contributed by atoms with Gasteiger partial charge in [-0.3, -0.25) is 9.67 Å². The van der Waals surface area contributed by atoms with E-state index in [0.29, 0.717) is 6.04 Å². The molecule has 7 nitrogen and oxygen atoms in total. The van der Waals surface area contributed by atoms with Crippen LogP contribution in [0.25, 0.3) is 26.9 Å². The smallest absolute Gasteiger partial charge is 0.235 e. The first-order valence-electron chi connectivity index (χ1n) is 7.75. The number of aromatic nitrogens is 7.